The molecule has 0 aromatic heterocycles. The first-order valence-corrected chi connectivity index (χ1v) is 6.78. The van der Waals surface area contributed by atoms with E-state index >= 15 is 0 Å². The maximum absolute atomic E-state index is 11.1. The number of rotatable bonds is 5. The van der Waals surface area contributed by atoms with Gasteiger partial charge in [-0.1, -0.05) is 12.1 Å². The summed E-state index contributed by atoms with van der Waals surface area (Å²) in [6.45, 7) is 3.90. The summed E-state index contributed by atoms with van der Waals surface area (Å²) in [7, 11) is 0. The minimum Gasteiger partial charge on any atom is -0.569 e. The molecule has 1 aromatic rings. The lowest BCUT2D eigenvalue weighted by Crippen LogP contribution is -2.49. The molecule has 1 aromatic carbocycles. The lowest BCUT2D eigenvalue weighted by atomic mass is 10.2. The number of piperazine rings is 1. The molecule has 0 amide bonds. The van der Waals surface area contributed by atoms with Gasteiger partial charge in [0.25, 0.3) is 0 Å². The summed E-state index contributed by atoms with van der Waals surface area (Å²) in [4.78, 5) is 6.70. The van der Waals surface area contributed by atoms with Crippen molar-refractivity contribution in [3.63, 3.8) is 0 Å². The normalized spacial score (nSPS) is 17.5. The molecule has 0 spiro atoms. The van der Waals surface area contributed by atoms with Crippen LogP contribution in [0, 0.1) is 5.21 Å². The summed E-state index contributed by atoms with van der Waals surface area (Å²) >= 11 is 0. The van der Waals surface area contributed by atoms with Gasteiger partial charge >= 0.3 is 0 Å². The van der Waals surface area contributed by atoms with Crippen LogP contribution in [-0.2, 0) is 0 Å². The molecule has 0 aliphatic carbocycles. The van der Waals surface area contributed by atoms with Crippen LogP contribution >= 0.6 is 0 Å². The zero-order valence-corrected chi connectivity index (χ0v) is 11.7. The minimum absolute atomic E-state index is 0.216. The minimum atomic E-state index is 0.216. The highest BCUT2D eigenvalue weighted by atomic mass is 16.6. The molecule has 1 saturated heterocycles. The molecule has 0 atom stereocenters. The Labute approximate surface area is 122 Å². The van der Waals surface area contributed by atoms with Crippen LogP contribution in [0.1, 0.15) is 5.56 Å². The van der Waals surface area contributed by atoms with Crippen molar-refractivity contribution in [3.05, 3.63) is 35.0 Å². The van der Waals surface area contributed by atoms with E-state index in [4.69, 9.17) is 5.21 Å². The van der Waals surface area contributed by atoms with Gasteiger partial charge in [0.05, 0.1) is 24.6 Å². The predicted octanol–water partition coefficient (Wildman–Crippen LogP) is 0.695. The molecular weight excluding hydrogens is 274 g/mol. The van der Waals surface area contributed by atoms with E-state index in [1.165, 1.54) is 5.01 Å². The Morgan fingerprint density at radius 1 is 1.24 bits per heavy atom. The highest BCUT2D eigenvalue weighted by Gasteiger charge is 2.21. The molecule has 8 heteroatoms. The molecule has 0 saturated carbocycles. The Hall–Kier alpha value is -2.35. The maximum atomic E-state index is 11.1. The fourth-order valence-corrected chi connectivity index (χ4v) is 2.15. The zero-order chi connectivity index (χ0) is 15.1. The molecule has 1 aliphatic heterocycles. The van der Waals surface area contributed by atoms with E-state index in [2.05, 4.69) is 15.2 Å². The van der Waals surface area contributed by atoms with Gasteiger partial charge in [-0.05, 0) is 12.1 Å². The van der Waals surface area contributed by atoms with Crippen LogP contribution in [0.3, 0.4) is 0 Å². The Morgan fingerprint density at radius 2 is 1.95 bits per heavy atom. The SMILES string of the molecule is [O-][N+](=NO)N1CCN(CCN=Cc2ccccc2O)CC1. The molecule has 0 unspecified atom stereocenters. The Kier molecular flexibility index (Phi) is 5.33. The van der Waals surface area contributed by atoms with Gasteiger partial charge in [0.15, 0.2) is 0 Å². The smallest absolute Gasteiger partial charge is 0.230 e. The van der Waals surface area contributed by atoms with Gasteiger partial charge in [0, 0.05) is 31.4 Å². The van der Waals surface area contributed by atoms with Crippen molar-refractivity contribution in [1.29, 1.82) is 0 Å². The molecular formula is C13H19N5O3. The first kappa shape index (κ1) is 15.0. The third kappa shape index (κ3) is 4.32. The van der Waals surface area contributed by atoms with E-state index < -0.39 is 0 Å². The average molecular weight is 293 g/mol. The Bertz CT molecular complexity index is 512. The summed E-state index contributed by atoms with van der Waals surface area (Å²) in [5, 5.41) is 33.1. The topological polar surface area (TPSA) is 97.7 Å². The van der Waals surface area contributed by atoms with Crippen molar-refractivity contribution in [2.75, 3.05) is 39.3 Å². The largest absolute Gasteiger partial charge is 0.569 e. The zero-order valence-electron chi connectivity index (χ0n) is 11.7. The first-order chi connectivity index (χ1) is 10.2. The predicted molar refractivity (Wildman–Crippen MR) is 76.4 cm³/mol. The van der Waals surface area contributed by atoms with Crippen molar-refractivity contribution in [3.8, 4) is 5.75 Å². The van der Waals surface area contributed by atoms with Crippen molar-refractivity contribution in [2.45, 2.75) is 0 Å². The lowest BCUT2D eigenvalue weighted by molar-refractivity contribution is -0.711. The van der Waals surface area contributed by atoms with Crippen LogP contribution in [0.4, 0.5) is 0 Å². The van der Waals surface area contributed by atoms with Crippen LogP contribution < -0.4 is 0 Å². The highest BCUT2D eigenvalue weighted by Crippen LogP contribution is 2.12. The third-order valence-electron chi connectivity index (χ3n) is 3.38. The first-order valence-electron chi connectivity index (χ1n) is 6.78. The molecule has 0 radical (unpaired) electrons. The van der Waals surface area contributed by atoms with Crippen LogP contribution in [0.25, 0.3) is 0 Å². The highest BCUT2D eigenvalue weighted by molar-refractivity contribution is 5.83. The van der Waals surface area contributed by atoms with Crippen molar-refractivity contribution < 1.29 is 15.3 Å². The molecule has 1 heterocycles. The number of phenols is 1. The van der Waals surface area contributed by atoms with Crippen LogP contribution in [0.2, 0.25) is 0 Å². The second kappa shape index (κ2) is 7.44. The quantitative estimate of drug-likeness (QED) is 0.360. The van der Waals surface area contributed by atoms with Crippen molar-refractivity contribution in [2.24, 2.45) is 10.3 Å². The number of phenolic OH excluding ortho intramolecular Hbond substituents is 1. The van der Waals surface area contributed by atoms with Crippen molar-refractivity contribution in [1.82, 2.24) is 9.91 Å². The number of benzene rings is 1. The lowest BCUT2D eigenvalue weighted by Gasteiger charge is -2.30. The van der Waals surface area contributed by atoms with Gasteiger partial charge in [0.2, 0.25) is 5.28 Å². The number of hydrazine groups is 1. The van der Waals surface area contributed by atoms with Gasteiger partial charge in [-0.3, -0.25) is 9.89 Å². The fourth-order valence-electron chi connectivity index (χ4n) is 2.15. The average Bonchev–Trinajstić information content (AvgIpc) is 2.53. The number of hydrogen-bond acceptors (Lipinski definition) is 5. The number of aliphatic imine (C=N–C) groups is 1. The third-order valence-corrected chi connectivity index (χ3v) is 3.38. The summed E-state index contributed by atoms with van der Waals surface area (Å²) in [6.07, 6.45) is 1.66. The summed E-state index contributed by atoms with van der Waals surface area (Å²) in [5.74, 6) is 0.221. The van der Waals surface area contributed by atoms with E-state index in [-0.39, 0.29) is 10.7 Å². The molecule has 21 heavy (non-hydrogen) atoms. The van der Waals surface area contributed by atoms with E-state index in [9.17, 15) is 10.3 Å². The van der Waals surface area contributed by atoms with E-state index in [1.807, 2.05) is 6.07 Å². The molecule has 2 N–H and O–H groups in total. The van der Waals surface area contributed by atoms with Gasteiger partial charge < -0.3 is 15.5 Å². The van der Waals surface area contributed by atoms with Crippen LogP contribution in [0.15, 0.2) is 34.5 Å². The number of nitrogens with zero attached hydrogens (tertiary/aromatic N) is 5. The molecule has 2 rings (SSSR count). The van der Waals surface area contributed by atoms with E-state index in [1.54, 1.807) is 24.4 Å². The standard InChI is InChI=1S/C13H19N5O3/c19-13-4-2-1-3-12(13)11-14-5-6-16-7-9-17(10-8-16)18(21)15-20/h1-4,11,19-20H,5-10H2. The molecule has 114 valence electrons. The van der Waals surface area contributed by atoms with Crippen molar-refractivity contribution >= 4 is 6.21 Å². The van der Waals surface area contributed by atoms with Gasteiger partial charge in [0.1, 0.15) is 5.75 Å². The summed E-state index contributed by atoms with van der Waals surface area (Å²) in [6, 6.07) is 7.05. The monoisotopic (exact) mass is 293 g/mol. The Balaban J connectivity index is 1.72. The summed E-state index contributed by atoms with van der Waals surface area (Å²) < 4.78 is 0. The van der Waals surface area contributed by atoms with Gasteiger partial charge in [-0.25, -0.2) is 0 Å². The molecule has 0 bridgehead atoms. The second-order valence-corrected chi connectivity index (χ2v) is 4.73. The van der Waals surface area contributed by atoms with E-state index in [0.717, 1.165) is 19.6 Å². The number of aromatic hydroxyl groups is 1. The van der Waals surface area contributed by atoms with E-state index in [0.29, 0.717) is 25.2 Å². The summed E-state index contributed by atoms with van der Waals surface area (Å²) in [5.41, 5.74) is 0.703. The number of hydrogen-bond donors (Lipinski definition) is 2. The van der Waals surface area contributed by atoms with Crippen LogP contribution in [0.5, 0.6) is 5.75 Å². The number of para-hydroxylation sites is 1. The van der Waals surface area contributed by atoms with Gasteiger partial charge in [-0.2, -0.15) is 0 Å². The molecule has 1 aliphatic rings. The van der Waals surface area contributed by atoms with Gasteiger partial charge in [-0.15, -0.1) is 5.01 Å². The second-order valence-electron chi connectivity index (χ2n) is 4.73. The molecule has 1 fully saturated rings. The Morgan fingerprint density at radius 3 is 2.62 bits per heavy atom. The maximum Gasteiger partial charge on any atom is 0.230 e. The van der Waals surface area contributed by atoms with Crippen LogP contribution in [-0.4, -0.2) is 70.7 Å². The fraction of sp³-hybridized carbons (Fsp3) is 0.462. The molecule has 8 nitrogen and oxygen atoms in total.